The van der Waals surface area contributed by atoms with Crippen LogP contribution in [0.25, 0.3) is 10.8 Å². The number of fused-ring (bicyclic) bond motifs is 2. The maximum Gasteiger partial charge on any atom is 0.118 e. The van der Waals surface area contributed by atoms with Crippen LogP contribution in [0.5, 0.6) is 0 Å². The predicted octanol–water partition coefficient (Wildman–Crippen LogP) is 3.66. The van der Waals surface area contributed by atoms with Gasteiger partial charge in [-0.2, -0.15) is 0 Å². The second kappa shape index (κ2) is 3.64. The van der Waals surface area contributed by atoms with Gasteiger partial charge in [-0.25, -0.2) is 0 Å². The highest BCUT2D eigenvalue weighted by Gasteiger charge is 2.22. The highest BCUT2D eigenvalue weighted by molar-refractivity contribution is 5.95. The molecule has 0 aliphatic carbocycles. The lowest BCUT2D eigenvalue weighted by atomic mass is 10.2. The van der Waals surface area contributed by atoms with Crippen molar-refractivity contribution in [1.82, 2.24) is 4.98 Å². The summed E-state index contributed by atoms with van der Waals surface area (Å²) in [6.45, 7) is 1.04. The molecule has 1 aromatic heterocycles. The maximum absolute atomic E-state index is 3.30. The van der Waals surface area contributed by atoms with Gasteiger partial charge < -0.3 is 9.88 Å². The van der Waals surface area contributed by atoms with Gasteiger partial charge in [0.1, 0.15) is 5.82 Å². The van der Waals surface area contributed by atoms with Crippen molar-refractivity contribution >= 4 is 22.3 Å². The number of nitrogens with one attached hydrogen (secondary N) is 1. The lowest BCUT2D eigenvalue weighted by molar-refractivity contribution is 0.984. The first-order valence-electron chi connectivity index (χ1n) is 6.27. The van der Waals surface area contributed by atoms with Crippen molar-refractivity contribution in [2.45, 2.75) is 6.42 Å². The molecule has 87 valence electrons. The van der Waals surface area contributed by atoms with Gasteiger partial charge >= 0.3 is 0 Å². The number of benzene rings is 2. The Labute approximate surface area is 106 Å². The summed E-state index contributed by atoms with van der Waals surface area (Å²) in [4.78, 5) is 5.65. The van der Waals surface area contributed by atoms with E-state index < -0.39 is 0 Å². The minimum Gasteiger partial charge on any atom is -0.339 e. The van der Waals surface area contributed by atoms with Gasteiger partial charge in [0.25, 0.3) is 0 Å². The molecule has 0 fully saturated rings. The predicted molar refractivity (Wildman–Crippen MR) is 74.3 cm³/mol. The van der Waals surface area contributed by atoms with Crippen molar-refractivity contribution < 1.29 is 0 Å². The lowest BCUT2D eigenvalue weighted by Crippen LogP contribution is -2.13. The minimum absolute atomic E-state index is 1.04. The number of para-hydroxylation sites is 1. The van der Waals surface area contributed by atoms with E-state index in [0.717, 1.165) is 24.2 Å². The summed E-state index contributed by atoms with van der Waals surface area (Å²) < 4.78 is 0. The van der Waals surface area contributed by atoms with Gasteiger partial charge in [-0.1, -0.05) is 42.5 Å². The van der Waals surface area contributed by atoms with Crippen LogP contribution in [-0.2, 0) is 6.42 Å². The molecule has 1 aliphatic rings. The van der Waals surface area contributed by atoms with Gasteiger partial charge in [0.2, 0.25) is 0 Å². The summed E-state index contributed by atoms with van der Waals surface area (Å²) in [5, 5.41) is 2.39. The number of aromatic amines is 1. The third kappa shape index (κ3) is 1.29. The Bertz CT molecular complexity index is 712. The van der Waals surface area contributed by atoms with E-state index in [2.05, 4.69) is 58.5 Å². The number of hydrogen-bond donors (Lipinski definition) is 1. The fourth-order valence-electron chi connectivity index (χ4n) is 2.78. The molecular formula is C16H13N2. The van der Waals surface area contributed by atoms with Crippen LogP contribution in [-0.4, -0.2) is 11.5 Å². The van der Waals surface area contributed by atoms with Crippen molar-refractivity contribution in [3.63, 3.8) is 0 Å². The van der Waals surface area contributed by atoms with Crippen molar-refractivity contribution in [3.05, 3.63) is 60.3 Å². The molecule has 0 bridgehead atoms. The molecule has 2 aromatic carbocycles. The second-order valence-corrected chi connectivity index (χ2v) is 4.67. The van der Waals surface area contributed by atoms with E-state index in [1.807, 2.05) is 6.07 Å². The van der Waals surface area contributed by atoms with E-state index in [0.29, 0.717) is 0 Å². The van der Waals surface area contributed by atoms with Crippen molar-refractivity contribution in [1.29, 1.82) is 0 Å². The van der Waals surface area contributed by atoms with Crippen LogP contribution in [0.1, 0.15) is 5.56 Å². The van der Waals surface area contributed by atoms with Crippen LogP contribution in [0, 0.1) is 6.20 Å². The average Bonchev–Trinajstić information content (AvgIpc) is 3.01. The molecule has 1 radical (unpaired) electrons. The third-order valence-electron chi connectivity index (χ3n) is 3.65. The zero-order valence-corrected chi connectivity index (χ0v) is 9.98. The number of rotatable bonds is 1. The fourth-order valence-corrected chi connectivity index (χ4v) is 2.78. The smallest absolute Gasteiger partial charge is 0.118 e. The normalized spacial score (nSPS) is 14.1. The maximum atomic E-state index is 3.30. The Morgan fingerprint density at radius 2 is 1.83 bits per heavy atom. The SMILES string of the molecule is [c]1[nH]c(N2CCc3ccccc32)c2ccccc12. The molecule has 18 heavy (non-hydrogen) atoms. The summed E-state index contributed by atoms with van der Waals surface area (Å²) in [6, 6.07) is 17.0. The molecule has 1 aliphatic heterocycles. The quantitative estimate of drug-likeness (QED) is 0.679. The van der Waals surface area contributed by atoms with Crippen molar-refractivity contribution in [2.24, 2.45) is 0 Å². The van der Waals surface area contributed by atoms with Gasteiger partial charge in [0.15, 0.2) is 0 Å². The number of hydrogen-bond acceptors (Lipinski definition) is 1. The van der Waals surface area contributed by atoms with E-state index in [1.54, 1.807) is 0 Å². The van der Waals surface area contributed by atoms with Crippen LogP contribution < -0.4 is 4.90 Å². The topological polar surface area (TPSA) is 19.0 Å². The number of nitrogens with zero attached hydrogens (tertiary/aromatic N) is 1. The minimum atomic E-state index is 1.04. The summed E-state index contributed by atoms with van der Waals surface area (Å²) in [6.07, 6.45) is 4.34. The number of anilines is 2. The van der Waals surface area contributed by atoms with Gasteiger partial charge in [-0.3, -0.25) is 0 Å². The average molecular weight is 233 g/mol. The monoisotopic (exact) mass is 233 g/mol. The Hall–Kier alpha value is -2.22. The van der Waals surface area contributed by atoms with E-state index in [4.69, 9.17) is 0 Å². The summed E-state index contributed by atoms with van der Waals surface area (Å²) in [5.74, 6) is 1.16. The molecule has 4 rings (SSSR count). The number of aromatic nitrogens is 1. The van der Waals surface area contributed by atoms with Crippen LogP contribution in [0.15, 0.2) is 48.5 Å². The molecule has 0 amide bonds. The standard InChI is InChI=1S/C16H13N2/c1-3-7-14-13(6-1)11-17-16(14)18-10-9-12-5-2-4-8-15(12)18/h1-8,17H,9-10H2. The second-order valence-electron chi connectivity index (χ2n) is 4.67. The molecule has 2 heterocycles. The van der Waals surface area contributed by atoms with Gasteiger partial charge in [0, 0.05) is 23.0 Å². The van der Waals surface area contributed by atoms with Crippen molar-refractivity contribution in [2.75, 3.05) is 11.4 Å². The molecule has 1 N–H and O–H groups in total. The molecule has 0 saturated heterocycles. The number of H-pyrrole nitrogens is 1. The largest absolute Gasteiger partial charge is 0.339 e. The van der Waals surface area contributed by atoms with Crippen molar-refractivity contribution in [3.8, 4) is 0 Å². The fraction of sp³-hybridized carbons (Fsp3) is 0.125. The Kier molecular flexibility index (Phi) is 1.97. The zero-order valence-electron chi connectivity index (χ0n) is 9.98. The van der Waals surface area contributed by atoms with Crippen LogP contribution in [0.4, 0.5) is 11.5 Å². The zero-order chi connectivity index (χ0) is 11.9. The first-order chi connectivity index (χ1) is 8.93. The first kappa shape index (κ1) is 9.77. The first-order valence-corrected chi connectivity index (χ1v) is 6.27. The molecule has 0 spiro atoms. The molecule has 0 atom stereocenters. The molecule has 2 nitrogen and oxygen atoms in total. The molecule has 0 unspecified atom stereocenters. The Morgan fingerprint density at radius 3 is 2.83 bits per heavy atom. The lowest BCUT2D eigenvalue weighted by Gasteiger charge is -2.18. The van der Waals surface area contributed by atoms with Gasteiger partial charge in [-0.15, -0.1) is 0 Å². The van der Waals surface area contributed by atoms with Gasteiger partial charge in [0.05, 0.1) is 6.20 Å². The van der Waals surface area contributed by atoms with Gasteiger partial charge in [-0.05, 0) is 18.1 Å². The van der Waals surface area contributed by atoms with Crippen LogP contribution >= 0.6 is 0 Å². The summed E-state index contributed by atoms with van der Waals surface area (Å²) >= 11 is 0. The molecular weight excluding hydrogens is 220 g/mol. The summed E-state index contributed by atoms with van der Waals surface area (Å²) in [7, 11) is 0. The van der Waals surface area contributed by atoms with Crippen LogP contribution in [0.3, 0.4) is 0 Å². The Balaban J connectivity index is 1.90. The van der Waals surface area contributed by atoms with E-state index in [9.17, 15) is 0 Å². The van der Waals surface area contributed by atoms with E-state index in [-0.39, 0.29) is 0 Å². The highest BCUT2D eigenvalue weighted by Crippen LogP contribution is 2.36. The Morgan fingerprint density at radius 1 is 1.00 bits per heavy atom. The highest BCUT2D eigenvalue weighted by atomic mass is 15.2. The molecule has 0 saturated carbocycles. The van der Waals surface area contributed by atoms with Crippen LogP contribution in [0.2, 0.25) is 0 Å². The third-order valence-corrected chi connectivity index (χ3v) is 3.65. The van der Waals surface area contributed by atoms with E-state index in [1.165, 1.54) is 16.6 Å². The molecule has 2 heteroatoms. The van der Waals surface area contributed by atoms with E-state index >= 15 is 0 Å². The summed E-state index contributed by atoms with van der Waals surface area (Å²) in [5.41, 5.74) is 2.75. The molecule has 3 aromatic rings.